The predicted molar refractivity (Wildman–Crippen MR) is 73.9 cm³/mol. The van der Waals surface area contributed by atoms with Gasteiger partial charge in [0.2, 0.25) is 10.0 Å². The van der Waals surface area contributed by atoms with Gasteiger partial charge in [0, 0.05) is 26.2 Å². The van der Waals surface area contributed by atoms with Crippen molar-refractivity contribution < 1.29 is 8.42 Å². The number of hydrogen-bond donors (Lipinski definition) is 2. The van der Waals surface area contributed by atoms with E-state index in [0.29, 0.717) is 25.6 Å². The van der Waals surface area contributed by atoms with Crippen LogP contribution in [0.25, 0.3) is 0 Å². The molecule has 3 N–H and O–H groups in total. The average Bonchev–Trinajstić information content (AvgIpc) is 2.75. The summed E-state index contributed by atoms with van der Waals surface area (Å²) >= 11 is 0. The lowest BCUT2D eigenvalue weighted by atomic mass is 10.1. The number of hydrogen-bond acceptors (Lipinski definition) is 3. The predicted octanol–water partition coefficient (Wildman–Crippen LogP) is -0.0277. The highest BCUT2D eigenvalue weighted by Crippen LogP contribution is 2.18. The van der Waals surface area contributed by atoms with Gasteiger partial charge in [0.05, 0.1) is 6.26 Å². The first kappa shape index (κ1) is 15.2. The molecule has 0 aromatic carbocycles. The molecule has 0 bridgehead atoms. The molecule has 0 aromatic heterocycles. The topological polar surface area (TPSA) is 87.8 Å². The van der Waals surface area contributed by atoms with Gasteiger partial charge in [-0.3, -0.25) is 4.99 Å². The molecular weight excluding hydrogens is 252 g/mol. The molecule has 1 unspecified atom stereocenters. The third-order valence-corrected chi connectivity index (χ3v) is 4.34. The van der Waals surface area contributed by atoms with E-state index in [1.165, 1.54) is 10.6 Å². The quantitative estimate of drug-likeness (QED) is 0.405. The molecule has 0 radical (unpaired) electrons. The summed E-state index contributed by atoms with van der Waals surface area (Å²) in [7, 11) is -3.05. The van der Waals surface area contributed by atoms with E-state index in [1.54, 1.807) is 0 Å². The monoisotopic (exact) mass is 276 g/mol. The standard InChI is InChI=1S/C11H24N4O2S/c1-3-4-6-13-11(12)14-8-10-5-7-15(9-10)18(2,16)17/h10H,3-9H2,1-2H3,(H3,12,13,14). The van der Waals surface area contributed by atoms with Crippen molar-refractivity contribution in [3.8, 4) is 0 Å². The maximum absolute atomic E-state index is 11.3. The van der Waals surface area contributed by atoms with Crippen LogP contribution in [0.3, 0.4) is 0 Å². The van der Waals surface area contributed by atoms with Gasteiger partial charge in [-0.15, -0.1) is 0 Å². The molecule has 1 aliphatic heterocycles. The van der Waals surface area contributed by atoms with E-state index in [9.17, 15) is 8.42 Å². The number of aliphatic imine (C=N–C) groups is 1. The van der Waals surface area contributed by atoms with E-state index in [2.05, 4.69) is 17.2 Å². The Bertz CT molecular complexity index is 381. The number of rotatable bonds is 6. The highest BCUT2D eigenvalue weighted by atomic mass is 32.2. The molecule has 1 aliphatic rings. The number of nitrogens with one attached hydrogen (secondary N) is 1. The van der Waals surface area contributed by atoms with E-state index >= 15 is 0 Å². The Balaban J connectivity index is 2.30. The van der Waals surface area contributed by atoms with Crippen LogP contribution in [-0.2, 0) is 10.0 Å². The maximum Gasteiger partial charge on any atom is 0.211 e. The van der Waals surface area contributed by atoms with Crippen LogP contribution in [0.5, 0.6) is 0 Å². The van der Waals surface area contributed by atoms with Crippen molar-refractivity contribution in [3.63, 3.8) is 0 Å². The van der Waals surface area contributed by atoms with E-state index < -0.39 is 10.0 Å². The Morgan fingerprint density at radius 1 is 1.56 bits per heavy atom. The van der Waals surface area contributed by atoms with Crippen LogP contribution >= 0.6 is 0 Å². The summed E-state index contributed by atoms with van der Waals surface area (Å²) in [4.78, 5) is 4.26. The van der Waals surface area contributed by atoms with Gasteiger partial charge in [-0.2, -0.15) is 0 Å². The second-order valence-corrected chi connectivity index (χ2v) is 6.76. The zero-order valence-corrected chi connectivity index (χ0v) is 12.0. The van der Waals surface area contributed by atoms with Gasteiger partial charge in [0.25, 0.3) is 0 Å². The van der Waals surface area contributed by atoms with Crippen LogP contribution in [0.15, 0.2) is 4.99 Å². The summed E-state index contributed by atoms with van der Waals surface area (Å²) in [6, 6.07) is 0. The first-order valence-electron chi connectivity index (χ1n) is 6.42. The molecule has 0 saturated carbocycles. The average molecular weight is 276 g/mol. The summed E-state index contributed by atoms with van der Waals surface area (Å²) in [5.41, 5.74) is 5.72. The van der Waals surface area contributed by atoms with Gasteiger partial charge >= 0.3 is 0 Å². The molecule has 18 heavy (non-hydrogen) atoms. The van der Waals surface area contributed by atoms with Crippen LogP contribution in [0.2, 0.25) is 0 Å². The van der Waals surface area contributed by atoms with E-state index in [0.717, 1.165) is 25.8 Å². The van der Waals surface area contributed by atoms with Gasteiger partial charge < -0.3 is 11.1 Å². The lowest BCUT2D eigenvalue weighted by Crippen LogP contribution is -2.33. The minimum atomic E-state index is -3.05. The van der Waals surface area contributed by atoms with Gasteiger partial charge in [0.15, 0.2) is 5.96 Å². The summed E-state index contributed by atoms with van der Waals surface area (Å²) in [5, 5.41) is 3.04. The SMILES string of the molecule is CCCCNC(N)=NCC1CCN(S(C)(=O)=O)C1. The molecule has 1 heterocycles. The molecule has 0 amide bonds. The smallest absolute Gasteiger partial charge is 0.211 e. The zero-order chi connectivity index (χ0) is 13.6. The third-order valence-electron chi connectivity index (χ3n) is 3.07. The van der Waals surface area contributed by atoms with Gasteiger partial charge in [-0.05, 0) is 18.8 Å². The lowest BCUT2D eigenvalue weighted by molar-refractivity contribution is 0.464. The summed E-state index contributed by atoms with van der Waals surface area (Å²) in [6.07, 6.45) is 4.30. The lowest BCUT2D eigenvalue weighted by Gasteiger charge is -2.12. The van der Waals surface area contributed by atoms with Crippen LogP contribution in [0.4, 0.5) is 0 Å². The first-order chi connectivity index (χ1) is 8.43. The third kappa shape index (κ3) is 5.22. The number of unbranched alkanes of at least 4 members (excludes halogenated alkanes) is 1. The molecule has 6 nitrogen and oxygen atoms in total. The van der Waals surface area contributed by atoms with Crippen LogP contribution in [-0.4, -0.2) is 51.1 Å². The Kier molecular flexibility index (Phi) is 5.87. The maximum atomic E-state index is 11.3. The van der Waals surface area contributed by atoms with Crippen LogP contribution < -0.4 is 11.1 Å². The molecule has 1 atom stereocenters. The molecule has 0 aromatic rings. The Hall–Kier alpha value is -0.820. The summed E-state index contributed by atoms with van der Waals surface area (Å²) < 4.78 is 24.2. The minimum Gasteiger partial charge on any atom is -0.370 e. The number of nitrogens with zero attached hydrogens (tertiary/aromatic N) is 2. The Morgan fingerprint density at radius 3 is 2.83 bits per heavy atom. The summed E-state index contributed by atoms with van der Waals surface area (Å²) in [6.45, 7) is 4.71. The van der Waals surface area contributed by atoms with E-state index in [-0.39, 0.29) is 5.92 Å². The van der Waals surface area contributed by atoms with Crippen molar-refractivity contribution in [2.24, 2.45) is 16.6 Å². The molecule has 1 saturated heterocycles. The number of sulfonamides is 1. The minimum absolute atomic E-state index is 0.284. The molecule has 106 valence electrons. The first-order valence-corrected chi connectivity index (χ1v) is 8.27. The van der Waals surface area contributed by atoms with Crippen LogP contribution in [0, 0.1) is 5.92 Å². The fraction of sp³-hybridized carbons (Fsp3) is 0.909. The number of guanidine groups is 1. The van der Waals surface area contributed by atoms with Crippen molar-refractivity contribution in [1.82, 2.24) is 9.62 Å². The van der Waals surface area contributed by atoms with Crippen molar-refractivity contribution in [2.45, 2.75) is 26.2 Å². The normalized spacial score (nSPS) is 22.3. The molecule has 1 fully saturated rings. The molecule has 0 spiro atoms. The van der Waals surface area contributed by atoms with E-state index in [4.69, 9.17) is 5.73 Å². The van der Waals surface area contributed by atoms with Crippen molar-refractivity contribution in [1.29, 1.82) is 0 Å². The molecular formula is C11H24N4O2S. The highest BCUT2D eigenvalue weighted by molar-refractivity contribution is 7.88. The summed E-state index contributed by atoms with van der Waals surface area (Å²) in [5.74, 6) is 0.743. The fourth-order valence-electron chi connectivity index (χ4n) is 1.92. The second-order valence-electron chi connectivity index (χ2n) is 4.78. The largest absolute Gasteiger partial charge is 0.370 e. The highest BCUT2D eigenvalue weighted by Gasteiger charge is 2.28. The van der Waals surface area contributed by atoms with Crippen molar-refractivity contribution in [3.05, 3.63) is 0 Å². The fourth-order valence-corrected chi connectivity index (χ4v) is 2.84. The van der Waals surface area contributed by atoms with Crippen molar-refractivity contribution >= 4 is 16.0 Å². The molecule has 7 heteroatoms. The second kappa shape index (κ2) is 6.94. The zero-order valence-electron chi connectivity index (χ0n) is 11.2. The number of nitrogens with two attached hydrogens (primary N) is 1. The van der Waals surface area contributed by atoms with Gasteiger partial charge in [0.1, 0.15) is 0 Å². The Morgan fingerprint density at radius 2 is 2.28 bits per heavy atom. The Labute approximate surface area is 110 Å². The van der Waals surface area contributed by atoms with Crippen LogP contribution in [0.1, 0.15) is 26.2 Å². The molecule has 0 aliphatic carbocycles. The van der Waals surface area contributed by atoms with Crippen molar-refractivity contribution in [2.75, 3.05) is 32.4 Å². The molecule has 1 rings (SSSR count). The van der Waals surface area contributed by atoms with Gasteiger partial charge in [-0.25, -0.2) is 12.7 Å². The van der Waals surface area contributed by atoms with E-state index in [1.807, 2.05) is 0 Å². The van der Waals surface area contributed by atoms with Gasteiger partial charge in [-0.1, -0.05) is 13.3 Å².